The van der Waals surface area contributed by atoms with Gasteiger partial charge in [0.2, 0.25) is 5.91 Å². The highest BCUT2D eigenvalue weighted by atomic mass is 19.4. The molecule has 0 heterocycles. The summed E-state index contributed by atoms with van der Waals surface area (Å²) >= 11 is 0. The van der Waals surface area contributed by atoms with Gasteiger partial charge in [0.05, 0.1) is 0 Å². The minimum Gasteiger partial charge on any atom is -0.321 e. The fourth-order valence-corrected chi connectivity index (χ4v) is 1.97. The van der Waals surface area contributed by atoms with Crippen molar-refractivity contribution in [2.75, 3.05) is 5.32 Å². The van der Waals surface area contributed by atoms with Gasteiger partial charge in [0.15, 0.2) is 23.3 Å². The highest BCUT2D eigenvalue weighted by molar-refractivity contribution is 5.91. The molecule has 1 N–H and O–H groups in total. The molecule has 0 atom stereocenters. The highest BCUT2D eigenvalue weighted by Gasteiger charge is 2.42. The monoisotopic (exact) mass is 413 g/mol. The van der Waals surface area contributed by atoms with Gasteiger partial charge in [-0.15, -0.1) is 0 Å². The highest BCUT2D eigenvalue weighted by Crippen LogP contribution is 2.38. The molecule has 2 aromatic carbocycles. The molecule has 0 aliphatic carbocycles. The Kier molecular flexibility index (Phi) is 7.95. The predicted molar refractivity (Wildman–Crippen MR) is 86.0 cm³/mol. The third kappa shape index (κ3) is 5.67. The van der Waals surface area contributed by atoms with Crippen LogP contribution in [0.4, 0.5) is 40.8 Å². The van der Waals surface area contributed by atoms with Gasteiger partial charge in [-0.2, -0.15) is 13.2 Å². The molecule has 28 heavy (non-hydrogen) atoms. The van der Waals surface area contributed by atoms with Crippen molar-refractivity contribution in [2.24, 2.45) is 0 Å². The van der Waals surface area contributed by atoms with E-state index >= 15 is 0 Å². The summed E-state index contributed by atoms with van der Waals surface area (Å²) < 4.78 is 102. The maximum atomic E-state index is 13.3. The summed E-state index contributed by atoms with van der Waals surface area (Å²) in [5.41, 5.74) is -3.56. The number of hydrogen-bond acceptors (Lipinski definition) is 1. The molecule has 0 saturated carbocycles. The Bertz CT molecular complexity index is 798. The lowest BCUT2D eigenvalue weighted by molar-refractivity contribution is -0.143. The first kappa shape index (κ1) is 23.4. The van der Waals surface area contributed by atoms with Crippen molar-refractivity contribution < 1.29 is 39.9 Å². The number of benzene rings is 2. The van der Waals surface area contributed by atoms with Crippen LogP contribution >= 0.6 is 0 Å². The second-order valence-corrected chi connectivity index (χ2v) is 5.55. The van der Waals surface area contributed by atoms with Crippen molar-refractivity contribution >= 4 is 11.6 Å². The number of nitrogens with one attached hydrogen (secondary N) is 1. The Hall–Kier alpha value is -2.65. The van der Waals surface area contributed by atoms with Gasteiger partial charge in [-0.25, -0.2) is 22.0 Å². The summed E-state index contributed by atoms with van der Waals surface area (Å²) in [6, 6.07) is 6.70. The summed E-state index contributed by atoms with van der Waals surface area (Å²) in [5, 5.41) is 1.50. The zero-order chi connectivity index (χ0) is 21.6. The number of carbonyl (C=O) groups is 1. The molecule has 0 fully saturated rings. The van der Waals surface area contributed by atoms with Crippen LogP contribution in [-0.4, -0.2) is 5.91 Å². The van der Waals surface area contributed by atoms with E-state index in [1.165, 1.54) is 11.4 Å². The fourth-order valence-electron chi connectivity index (χ4n) is 1.97. The lowest BCUT2D eigenvalue weighted by atomic mass is 10.1. The van der Waals surface area contributed by atoms with Gasteiger partial charge in [0, 0.05) is 6.42 Å². The number of anilines is 1. The Morgan fingerprint density at radius 3 is 1.79 bits per heavy atom. The van der Waals surface area contributed by atoms with Crippen molar-refractivity contribution in [3.8, 4) is 0 Å². The quantitative estimate of drug-likeness (QED) is 0.476. The van der Waals surface area contributed by atoms with Crippen LogP contribution in [0, 0.1) is 36.0 Å². The van der Waals surface area contributed by atoms with Crippen LogP contribution in [0.5, 0.6) is 0 Å². The largest absolute Gasteiger partial charge is 0.422 e. The zero-order valence-corrected chi connectivity index (χ0v) is 14.7. The van der Waals surface area contributed by atoms with Gasteiger partial charge in [0.25, 0.3) is 0 Å². The molecule has 154 valence electrons. The van der Waals surface area contributed by atoms with Crippen molar-refractivity contribution in [3.05, 3.63) is 64.5 Å². The molecule has 0 saturated heterocycles. The van der Waals surface area contributed by atoms with E-state index in [4.69, 9.17) is 0 Å². The molecule has 10 heteroatoms. The van der Waals surface area contributed by atoms with Gasteiger partial charge >= 0.3 is 6.18 Å². The number of halogens is 8. The van der Waals surface area contributed by atoms with Gasteiger partial charge in [0.1, 0.15) is 17.1 Å². The first-order chi connectivity index (χ1) is 12.9. The lowest BCUT2D eigenvalue weighted by Gasteiger charge is -2.14. The topological polar surface area (TPSA) is 29.1 Å². The van der Waals surface area contributed by atoms with E-state index in [1.54, 1.807) is 26.0 Å². The van der Waals surface area contributed by atoms with Crippen molar-refractivity contribution in [3.63, 3.8) is 0 Å². The van der Waals surface area contributed by atoms with E-state index in [9.17, 15) is 39.9 Å². The fraction of sp³-hybridized carbons (Fsp3) is 0.278. The van der Waals surface area contributed by atoms with E-state index in [0.717, 1.165) is 0 Å². The van der Waals surface area contributed by atoms with Gasteiger partial charge < -0.3 is 5.32 Å². The summed E-state index contributed by atoms with van der Waals surface area (Å²) in [6.45, 7) is 3.29. The third-order valence-electron chi connectivity index (χ3n) is 3.36. The Morgan fingerprint density at radius 2 is 1.43 bits per heavy atom. The van der Waals surface area contributed by atoms with E-state index < -0.39 is 46.6 Å². The summed E-state index contributed by atoms with van der Waals surface area (Å²) in [6.07, 6.45) is -5.56. The van der Waals surface area contributed by atoms with Gasteiger partial charge in [-0.3, -0.25) is 4.79 Å². The average Bonchev–Trinajstić information content (AvgIpc) is 2.59. The molecule has 2 aromatic rings. The molecule has 0 aliphatic rings. The van der Waals surface area contributed by atoms with Crippen LogP contribution < -0.4 is 5.32 Å². The van der Waals surface area contributed by atoms with Crippen molar-refractivity contribution in [1.29, 1.82) is 0 Å². The van der Waals surface area contributed by atoms with Crippen LogP contribution in [0.25, 0.3) is 0 Å². The van der Waals surface area contributed by atoms with Crippen molar-refractivity contribution in [2.45, 2.75) is 32.9 Å². The molecule has 0 unspecified atom stereocenters. The second-order valence-electron chi connectivity index (χ2n) is 5.55. The number of rotatable bonds is 3. The molecule has 0 aliphatic heterocycles. The summed E-state index contributed by atoms with van der Waals surface area (Å²) in [7, 11) is 0. The molecular weight excluding hydrogens is 398 g/mol. The van der Waals surface area contributed by atoms with E-state index in [0.29, 0.717) is 5.56 Å². The Labute approximate surface area is 155 Å². The van der Waals surface area contributed by atoms with E-state index in [2.05, 4.69) is 0 Å². The second kappa shape index (κ2) is 9.52. The lowest BCUT2D eigenvalue weighted by Crippen LogP contribution is -2.20. The standard InChI is InChI=1S/C11H8F7NO.C7H7F/c1-2-3-4(20)19-10-8(14)6(12)5(11(16,17)18)7(13)9(10)15;1-6-4-2-3-5-7(6)8/h2-3H2,1H3,(H,19,20);2-5H,1H3. The van der Waals surface area contributed by atoms with Crippen LogP contribution in [0.15, 0.2) is 24.3 Å². The van der Waals surface area contributed by atoms with Crippen LogP contribution in [0.1, 0.15) is 30.9 Å². The molecule has 0 aromatic heterocycles. The summed E-state index contributed by atoms with van der Waals surface area (Å²) in [5.74, 6) is -10.9. The van der Waals surface area contributed by atoms with Crippen LogP contribution in [0.3, 0.4) is 0 Å². The molecule has 0 bridgehead atoms. The Morgan fingerprint density at radius 1 is 0.929 bits per heavy atom. The minimum absolute atomic E-state index is 0.132. The maximum Gasteiger partial charge on any atom is 0.422 e. The normalized spacial score (nSPS) is 10.9. The Balaban J connectivity index is 0.000000406. The average molecular weight is 413 g/mol. The number of aryl methyl sites for hydroxylation is 1. The van der Waals surface area contributed by atoms with Crippen LogP contribution in [0.2, 0.25) is 0 Å². The molecule has 2 nitrogen and oxygen atoms in total. The number of hydrogen-bond donors (Lipinski definition) is 1. The van der Waals surface area contributed by atoms with Crippen molar-refractivity contribution in [1.82, 2.24) is 0 Å². The SMILES string of the molecule is CCCC(=O)Nc1c(F)c(F)c(C(F)(F)F)c(F)c1F.Cc1ccccc1F. The molecule has 0 radical (unpaired) electrons. The van der Waals surface area contributed by atoms with Crippen LogP contribution in [-0.2, 0) is 11.0 Å². The van der Waals surface area contributed by atoms with Gasteiger partial charge in [-0.05, 0) is 25.0 Å². The molecule has 0 spiro atoms. The number of amides is 1. The van der Waals surface area contributed by atoms with E-state index in [-0.39, 0.29) is 18.7 Å². The zero-order valence-electron chi connectivity index (χ0n) is 14.7. The number of carbonyl (C=O) groups excluding carboxylic acids is 1. The molecule has 1 amide bonds. The molecular formula is C18H15F8NO. The smallest absolute Gasteiger partial charge is 0.321 e. The van der Waals surface area contributed by atoms with Gasteiger partial charge in [-0.1, -0.05) is 25.1 Å². The summed E-state index contributed by atoms with van der Waals surface area (Å²) in [4.78, 5) is 11.1. The maximum absolute atomic E-state index is 13.3. The minimum atomic E-state index is -5.61. The van der Waals surface area contributed by atoms with E-state index in [1.807, 2.05) is 6.07 Å². The third-order valence-corrected chi connectivity index (χ3v) is 3.36. The number of alkyl halides is 3. The first-order valence-electron chi connectivity index (χ1n) is 7.85. The first-order valence-corrected chi connectivity index (χ1v) is 7.85. The molecule has 2 rings (SSSR count). The predicted octanol–water partition coefficient (Wildman–Crippen LogP) is 6.13.